The van der Waals surface area contributed by atoms with Gasteiger partial charge in [-0.1, -0.05) is 39.7 Å². The van der Waals surface area contributed by atoms with E-state index < -0.39 is 5.97 Å². The van der Waals surface area contributed by atoms with Crippen molar-refractivity contribution < 1.29 is 14.3 Å². The fourth-order valence-corrected chi connectivity index (χ4v) is 1.53. The molecule has 3 nitrogen and oxygen atoms in total. The summed E-state index contributed by atoms with van der Waals surface area (Å²) in [5, 5.41) is 0.889. The summed E-state index contributed by atoms with van der Waals surface area (Å²) in [7, 11) is 0. The van der Waals surface area contributed by atoms with Crippen LogP contribution in [0.3, 0.4) is 0 Å². The van der Waals surface area contributed by atoms with E-state index in [-0.39, 0.29) is 0 Å². The molecule has 0 spiro atoms. The molecule has 0 heterocycles. The largest absolute Gasteiger partial charge is 0.463 e. The number of rotatable bonds is 5. The van der Waals surface area contributed by atoms with Crippen LogP contribution in [0.2, 0.25) is 5.02 Å². The molecule has 0 amide bonds. The van der Waals surface area contributed by atoms with Crippen LogP contribution in [0, 0.1) is 0 Å². The van der Waals surface area contributed by atoms with Gasteiger partial charge in [-0.05, 0) is 19.1 Å². The number of carbonyl (C=O) groups is 1. The highest BCUT2D eigenvalue weighted by molar-refractivity contribution is 9.09. The molecule has 0 unspecified atom stereocenters. The summed E-state index contributed by atoms with van der Waals surface area (Å²) in [5.74, 6) is 0.509. The van der Waals surface area contributed by atoms with E-state index in [4.69, 9.17) is 21.1 Å². The van der Waals surface area contributed by atoms with Crippen LogP contribution < -0.4 is 4.74 Å². The zero-order chi connectivity index (χ0) is 12.7. The van der Waals surface area contributed by atoms with E-state index in [9.17, 15) is 4.79 Å². The lowest BCUT2D eigenvalue weighted by Gasteiger charge is -2.08. The van der Waals surface area contributed by atoms with E-state index in [1.54, 1.807) is 31.2 Å². The zero-order valence-electron chi connectivity index (χ0n) is 9.28. The van der Waals surface area contributed by atoms with Gasteiger partial charge < -0.3 is 9.47 Å². The van der Waals surface area contributed by atoms with Gasteiger partial charge in [-0.25, -0.2) is 4.79 Å². The second kappa shape index (κ2) is 7.35. The number of carbonyl (C=O) groups excluding carboxylic acids is 1. The molecule has 5 heteroatoms. The van der Waals surface area contributed by atoms with E-state index in [1.165, 1.54) is 6.08 Å². The monoisotopic (exact) mass is 318 g/mol. The Bertz CT molecular complexity index is 418. The summed E-state index contributed by atoms with van der Waals surface area (Å²) in [6.45, 7) is 2.07. The maximum atomic E-state index is 11.3. The maximum absolute atomic E-state index is 11.3. The first-order valence-electron chi connectivity index (χ1n) is 5.03. The van der Waals surface area contributed by atoms with Gasteiger partial charge in [-0.3, -0.25) is 0 Å². The van der Waals surface area contributed by atoms with Crippen molar-refractivity contribution in [2.24, 2.45) is 0 Å². The van der Waals surface area contributed by atoms with Gasteiger partial charge in [0.2, 0.25) is 0 Å². The first-order chi connectivity index (χ1) is 8.17. The Morgan fingerprint density at radius 2 is 2.18 bits per heavy atom. The molecule has 0 aliphatic heterocycles. The Labute approximate surface area is 113 Å². The molecule has 1 aromatic carbocycles. The Morgan fingerprint density at radius 3 is 2.76 bits per heavy atom. The Balaban J connectivity index is 2.77. The predicted octanol–water partition coefficient (Wildman–Crippen LogP) is 3.56. The predicted molar refractivity (Wildman–Crippen MR) is 70.6 cm³/mol. The van der Waals surface area contributed by atoms with Crippen molar-refractivity contribution in [3.8, 4) is 5.75 Å². The van der Waals surface area contributed by atoms with Crippen molar-refractivity contribution >= 4 is 33.5 Å². The molecule has 0 aliphatic rings. The first kappa shape index (κ1) is 14.1. The summed E-state index contributed by atoms with van der Waals surface area (Å²) in [6.07, 6.45) is 1.29. The van der Waals surface area contributed by atoms with Crippen LogP contribution in [-0.4, -0.2) is 17.9 Å². The Kier molecular flexibility index (Phi) is 6.08. The molecule has 1 rings (SSSR count). The zero-order valence-corrected chi connectivity index (χ0v) is 11.6. The third-order valence-electron chi connectivity index (χ3n) is 1.77. The number of allylic oxidation sites excluding steroid dienone is 1. The normalized spacial score (nSPS) is 11.1. The van der Waals surface area contributed by atoms with Crippen molar-refractivity contribution in [1.29, 1.82) is 0 Å². The van der Waals surface area contributed by atoms with Crippen molar-refractivity contribution in [1.82, 2.24) is 0 Å². The molecule has 0 atom stereocenters. The lowest BCUT2D eigenvalue weighted by atomic mass is 10.3. The number of esters is 1. The van der Waals surface area contributed by atoms with Crippen LogP contribution in [0.4, 0.5) is 0 Å². The molecule has 92 valence electrons. The van der Waals surface area contributed by atoms with Gasteiger partial charge in [0.05, 0.1) is 23.0 Å². The molecule has 0 radical (unpaired) electrons. The number of halogens is 2. The molecule has 0 N–H and O–H groups in total. The summed E-state index contributed by atoms with van der Waals surface area (Å²) in [5.41, 5.74) is 0. The van der Waals surface area contributed by atoms with Crippen LogP contribution >= 0.6 is 27.5 Å². The lowest BCUT2D eigenvalue weighted by molar-refractivity contribution is -0.137. The van der Waals surface area contributed by atoms with Crippen molar-refractivity contribution in [3.63, 3.8) is 0 Å². The topological polar surface area (TPSA) is 35.5 Å². The molecule has 0 aliphatic carbocycles. The van der Waals surface area contributed by atoms with Crippen LogP contribution in [0.25, 0.3) is 0 Å². The Hall–Kier alpha value is -1.00. The highest BCUT2D eigenvalue weighted by Gasteiger charge is 2.06. The lowest BCUT2D eigenvalue weighted by Crippen LogP contribution is -2.05. The molecule has 1 aromatic rings. The summed E-state index contributed by atoms with van der Waals surface area (Å²) < 4.78 is 10.3. The van der Waals surface area contributed by atoms with Crippen LogP contribution in [0.1, 0.15) is 6.92 Å². The Morgan fingerprint density at radius 1 is 1.47 bits per heavy atom. The second-order valence-electron chi connectivity index (χ2n) is 3.03. The molecular weight excluding hydrogens is 307 g/mol. The molecule has 17 heavy (non-hydrogen) atoms. The number of benzene rings is 1. The van der Waals surface area contributed by atoms with Crippen molar-refractivity contribution in [3.05, 3.63) is 41.1 Å². The second-order valence-corrected chi connectivity index (χ2v) is 4.00. The van der Waals surface area contributed by atoms with Crippen LogP contribution in [0.15, 0.2) is 36.1 Å². The summed E-state index contributed by atoms with van der Waals surface area (Å²) in [4.78, 5) is 11.3. The van der Waals surface area contributed by atoms with Crippen molar-refractivity contribution in [2.75, 3.05) is 11.9 Å². The third kappa shape index (κ3) is 4.79. The van der Waals surface area contributed by atoms with Gasteiger partial charge in [0.1, 0.15) is 11.5 Å². The fraction of sp³-hybridized carbons (Fsp3) is 0.250. The van der Waals surface area contributed by atoms with Gasteiger partial charge in [0, 0.05) is 0 Å². The maximum Gasteiger partial charge on any atom is 0.334 e. The van der Waals surface area contributed by atoms with E-state index in [1.807, 2.05) is 0 Å². The van der Waals surface area contributed by atoms with Gasteiger partial charge in [0.15, 0.2) is 0 Å². The number of hydrogen-bond acceptors (Lipinski definition) is 3. The van der Waals surface area contributed by atoms with Crippen molar-refractivity contribution in [2.45, 2.75) is 6.92 Å². The summed E-state index contributed by atoms with van der Waals surface area (Å²) >= 11 is 9.17. The van der Waals surface area contributed by atoms with E-state index >= 15 is 0 Å². The van der Waals surface area contributed by atoms with E-state index in [0.717, 1.165) is 0 Å². The van der Waals surface area contributed by atoms with Gasteiger partial charge >= 0.3 is 5.97 Å². The number of para-hydroxylation sites is 1. The minimum atomic E-state index is -0.436. The number of hydrogen-bond donors (Lipinski definition) is 0. The standard InChI is InChI=1S/C12H12BrClO3/c1-2-16-12(15)7-9(8-13)17-11-6-4-3-5-10(11)14/h3-7H,2,8H2,1H3/b9-7+. The number of ether oxygens (including phenoxy) is 2. The minimum absolute atomic E-state index is 0.330. The van der Waals surface area contributed by atoms with E-state index in [0.29, 0.717) is 28.5 Å². The van der Waals surface area contributed by atoms with Crippen LogP contribution in [0.5, 0.6) is 5.75 Å². The fourth-order valence-electron chi connectivity index (χ4n) is 1.08. The SMILES string of the molecule is CCOC(=O)/C=C(\CBr)Oc1ccccc1Cl. The average Bonchev–Trinajstić information content (AvgIpc) is 2.31. The first-order valence-corrected chi connectivity index (χ1v) is 6.53. The molecule has 0 aromatic heterocycles. The molecular formula is C12H12BrClO3. The molecule has 0 saturated carbocycles. The number of alkyl halides is 1. The molecule has 0 fully saturated rings. The molecule has 0 bridgehead atoms. The summed E-state index contributed by atoms with van der Waals surface area (Å²) in [6, 6.07) is 7.05. The van der Waals surface area contributed by atoms with Crippen LogP contribution in [-0.2, 0) is 9.53 Å². The average molecular weight is 320 g/mol. The third-order valence-corrected chi connectivity index (χ3v) is 2.64. The molecule has 0 saturated heterocycles. The van der Waals surface area contributed by atoms with E-state index in [2.05, 4.69) is 15.9 Å². The van der Waals surface area contributed by atoms with Gasteiger partial charge in [-0.15, -0.1) is 0 Å². The smallest absolute Gasteiger partial charge is 0.334 e. The minimum Gasteiger partial charge on any atom is -0.463 e. The van der Waals surface area contributed by atoms with Gasteiger partial charge in [-0.2, -0.15) is 0 Å². The van der Waals surface area contributed by atoms with Gasteiger partial charge in [0.25, 0.3) is 0 Å². The highest BCUT2D eigenvalue weighted by Crippen LogP contribution is 2.25. The quantitative estimate of drug-likeness (QED) is 0.360. The highest BCUT2D eigenvalue weighted by atomic mass is 79.9.